The van der Waals surface area contributed by atoms with Gasteiger partial charge in [-0.25, -0.2) is 14.8 Å². The largest absolute Gasteiger partial charge is 0.366 e. The van der Waals surface area contributed by atoms with Crippen LogP contribution in [0.3, 0.4) is 0 Å². The summed E-state index contributed by atoms with van der Waals surface area (Å²) in [5.74, 6) is 0.380. The molecule has 1 aliphatic heterocycles. The minimum Gasteiger partial charge on any atom is -0.366 e. The van der Waals surface area contributed by atoms with Gasteiger partial charge in [-0.1, -0.05) is 32.4 Å². The van der Waals surface area contributed by atoms with Gasteiger partial charge in [0.2, 0.25) is 5.91 Å². The first kappa shape index (κ1) is 26.8. The van der Waals surface area contributed by atoms with Gasteiger partial charge in [-0.3, -0.25) is 4.79 Å². The van der Waals surface area contributed by atoms with Crippen molar-refractivity contribution in [3.63, 3.8) is 0 Å². The lowest BCUT2D eigenvalue weighted by Gasteiger charge is -2.42. The number of aromatic nitrogens is 2. The molecule has 1 aromatic heterocycles. The van der Waals surface area contributed by atoms with Gasteiger partial charge in [-0.2, -0.15) is 0 Å². The van der Waals surface area contributed by atoms with Crippen molar-refractivity contribution >= 4 is 11.9 Å². The molecular formula is C27H39N5O3. The second-order valence-electron chi connectivity index (χ2n) is 9.51. The number of benzene rings is 1. The number of nitrogens with two attached hydrogens (primary N) is 1. The van der Waals surface area contributed by atoms with Gasteiger partial charge in [-0.05, 0) is 69.8 Å². The lowest BCUT2D eigenvalue weighted by Crippen LogP contribution is -2.45. The van der Waals surface area contributed by atoms with Crippen LogP contribution < -0.4 is 5.73 Å². The summed E-state index contributed by atoms with van der Waals surface area (Å²) >= 11 is 0. The fourth-order valence-electron chi connectivity index (χ4n) is 4.96. The van der Waals surface area contributed by atoms with E-state index in [1.165, 1.54) is 12.8 Å². The molecule has 0 bridgehead atoms. The molecular weight excluding hydrogens is 442 g/mol. The van der Waals surface area contributed by atoms with Gasteiger partial charge in [0.05, 0.1) is 11.0 Å². The summed E-state index contributed by atoms with van der Waals surface area (Å²) in [6.45, 7) is 12.5. The maximum absolute atomic E-state index is 12.5. The zero-order valence-electron chi connectivity index (χ0n) is 21.5. The maximum atomic E-state index is 12.5. The van der Waals surface area contributed by atoms with Crippen molar-refractivity contribution in [3.05, 3.63) is 59.2 Å². The number of rotatable bonds is 11. The number of hydroxylamine groups is 2. The van der Waals surface area contributed by atoms with E-state index >= 15 is 0 Å². The Balaban J connectivity index is 1.89. The van der Waals surface area contributed by atoms with Crippen molar-refractivity contribution in [2.75, 3.05) is 32.7 Å². The van der Waals surface area contributed by atoms with Gasteiger partial charge in [0, 0.05) is 37.6 Å². The third-order valence-electron chi connectivity index (χ3n) is 6.99. The summed E-state index contributed by atoms with van der Waals surface area (Å²) in [5.41, 5.74) is 6.89. The van der Waals surface area contributed by atoms with Crippen LogP contribution in [0.4, 0.5) is 0 Å². The Bertz CT molecular complexity index is 983. The molecule has 1 atom stereocenters. The first-order chi connectivity index (χ1) is 16.8. The molecule has 35 heavy (non-hydrogen) atoms. The molecule has 2 heterocycles. The fraction of sp³-hybridized carbons (Fsp3) is 0.556. The zero-order chi connectivity index (χ0) is 25.4. The number of nitrogens with zero attached hydrogens (tertiary/aromatic N) is 4. The third-order valence-corrected chi connectivity index (χ3v) is 6.99. The molecule has 1 unspecified atom stereocenters. The molecule has 0 spiro atoms. The van der Waals surface area contributed by atoms with Gasteiger partial charge >= 0.3 is 5.97 Å². The van der Waals surface area contributed by atoms with E-state index in [0.717, 1.165) is 38.0 Å². The van der Waals surface area contributed by atoms with E-state index in [0.29, 0.717) is 36.0 Å². The minimum absolute atomic E-state index is 0.313. The standard InChI is InChI=1S/C27H39N5O3/c1-5-9-20(4)19-31-14-12-27(13-15-31,23-11-8-10-21(16-23)24(28)33)26-29-17-22(18-30-26)25(34)35-32(6-2)7-3/h8,10-11,16-18,20H,5-7,9,12-15,19H2,1-4H3,(H2,28,33). The second-order valence-corrected chi connectivity index (χ2v) is 9.51. The van der Waals surface area contributed by atoms with E-state index < -0.39 is 17.3 Å². The second kappa shape index (κ2) is 12.2. The Hall–Kier alpha value is -2.84. The van der Waals surface area contributed by atoms with Crippen LogP contribution in [0.1, 0.15) is 85.5 Å². The number of likely N-dealkylation sites (tertiary alicyclic amines) is 1. The van der Waals surface area contributed by atoms with Crippen molar-refractivity contribution in [3.8, 4) is 0 Å². The Morgan fingerprint density at radius 1 is 1.11 bits per heavy atom. The molecule has 1 aromatic carbocycles. The van der Waals surface area contributed by atoms with Crippen LogP contribution in [0.2, 0.25) is 0 Å². The van der Waals surface area contributed by atoms with E-state index in [1.807, 2.05) is 32.0 Å². The molecule has 8 nitrogen and oxygen atoms in total. The van der Waals surface area contributed by atoms with Crippen molar-refractivity contribution in [2.24, 2.45) is 11.7 Å². The smallest absolute Gasteiger partial charge is 0.360 e. The lowest BCUT2D eigenvalue weighted by molar-refractivity contribution is -0.103. The van der Waals surface area contributed by atoms with Crippen molar-refractivity contribution in [1.29, 1.82) is 0 Å². The van der Waals surface area contributed by atoms with Crippen LogP contribution in [0.25, 0.3) is 0 Å². The van der Waals surface area contributed by atoms with E-state index in [9.17, 15) is 9.59 Å². The normalized spacial score (nSPS) is 16.7. The van der Waals surface area contributed by atoms with Crippen LogP contribution in [-0.2, 0) is 10.3 Å². The van der Waals surface area contributed by atoms with E-state index in [1.54, 1.807) is 23.5 Å². The molecule has 8 heteroatoms. The van der Waals surface area contributed by atoms with Gasteiger partial charge in [-0.15, -0.1) is 5.06 Å². The number of hydrogen-bond acceptors (Lipinski definition) is 7. The van der Waals surface area contributed by atoms with E-state index in [-0.39, 0.29) is 0 Å². The molecule has 1 fully saturated rings. The molecule has 190 valence electrons. The molecule has 0 aliphatic carbocycles. The van der Waals surface area contributed by atoms with Crippen LogP contribution in [0.15, 0.2) is 36.7 Å². The summed E-state index contributed by atoms with van der Waals surface area (Å²) in [4.78, 5) is 41.6. The monoisotopic (exact) mass is 481 g/mol. The van der Waals surface area contributed by atoms with Crippen molar-refractivity contribution < 1.29 is 14.4 Å². The van der Waals surface area contributed by atoms with Crippen LogP contribution >= 0.6 is 0 Å². The Labute approximate surface area is 208 Å². The lowest BCUT2D eigenvalue weighted by atomic mass is 9.71. The predicted octanol–water partition coefficient (Wildman–Crippen LogP) is 3.81. The van der Waals surface area contributed by atoms with Crippen molar-refractivity contribution in [2.45, 2.75) is 58.8 Å². The first-order valence-electron chi connectivity index (χ1n) is 12.7. The van der Waals surface area contributed by atoms with Crippen LogP contribution in [0.5, 0.6) is 0 Å². The number of hydrogen-bond donors (Lipinski definition) is 1. The molecule has 2 N–H and O–H groups in total. The number of amides is 1. The van der Waals surface area contributed by atoms with Gasteiger partial charge in [0.15, 0.2) is 0 Å². The van der Waals surface area contributed by atoms with E-state index in [2.05, 4.69) is 28.7 Å². The summed E-state index contributed by atoms with van der Waals surface area (Å²) in [7, 11) is 0. The molecule has 1 aliphatic rings. The van der Waals surface area contributed by atoms with E-state index in [4.69, 9.17) is 10.6 Å². The molecule has 1 amide bonds. The average molecular weight is 482 g/mol. The highest BCUT2D eigenvalue weighted by Gasteiger charge is 2.41. The first-order valence-corrected chi connectivity index (χ1v) is 12.7. The number of primary amides is 1. The number of carbonyl (C=O) groups is 2. The fourth-order valence-corrected chi connectivity index (χ4v) is 4.96. The maximum Gasteiger partial charge on any atom is 0.360 e. The van der Waals surface area contributed by atoms with Gasteiger partial charge in [0.1, 0.15) is 5.82 Å². The Morgan fingerprint density at radius 2 is 1.77 bits per heavy atom. The summed E-state index contributed by atoms with van der Waals surface area (Å²) in [5, 5.41) is 1.59. The summed E-state index contributed by atoms with van der Waals surface area (Å²) < 4.78 is 0. The average Bonchev–Trinajstić information content (AvgIpc) is 2.88. The van der Waals surface area contributed by atoms with Crippen LogP contribution in [-0.4, -0.2) is 64.5 Å². The molecule has 2 aromatic rings. The predicted molar refractivity (Wildman–Crippen MR) is 136 cm³/mol. The zero-order valence-corrected chi connectivity index (χ0v) is 21.5. The molecule has 1 saturated heterocycles. The third kappa shape index (κ3) is 6.44. The van der Waals surface area contributed by atoms with Gasteiger partial charge < -0.3 is 15.5 Å². The molecule has 0 radical (unpaired) electrons. The van der Waals surface area contributed by atoms with Gasteiger partial charge in [0.25, 0.3) is 0 Å². The van der Waals surface area contributed by atoms with Crippen molar-refractivity contribution in [1.82, 2.24) is 19.9 Å². The quantitative estimate of drug-likeness (QED) is 0.487. The Kier molecular flexibility index (Phi) is 9.34. The van der Waals surface area contributed by atoms with Crippen LogP contribution in [0, 0.1) is 5.92 Å². The number of carbonyl (C=O) groups excluding carboxylic acids is 2. The molecule has 3 rings (SSSR count). The highest BCUT2D eigenvalue weighted by molar-refractivity contribution is 5.93. The molecule has 0 saturated carbocycles. The number of piperidine rings is 1. The highest BCUT2D eigenvalue weighted by atomic mass is 16.7. The highest BCUT2D eigenvalue weighted by Crippen LogP contribution is 2.40. The minimum atomic E-state index is -0.468. The Morgan fingerprint density at radius 3 is 2.34 bits per heavy atom. The summed E-state index contributed by atoms with van der Waals surface area (Å²) in [6.07, 6.45) is 7.13. The summed E-state index contributed by atoms with van der Waals surface area (Å²) in [6, 6.07) is 7.48. The SMILES string of the molecule is CCCC(C)CN1CCC(c2cccc(C(N)=O)c2)(c2ncc(C(=O)ON(CC)CC)cn2)CC1. The topological polar surface area (TPSA) is 102 Å².